The minimum atomic E-state index is 0.0559. The first-order chi connectivity index (χ1) is 9.22. The lowest BCUT2D eigenvalue weighted by molar-refractivity contribution is 0.281. The Bertz CT molecular complexity index is 538. The molecule has 1 aromatic heterocycles. The van der Waals surface area contributed by atoms with Crippen LogP contribution in [0.1, 0.15) is 22.5 Å². The Morgan fingerprint density at radius 1 is 1.11 bits per heavy atom. The molecule has 0 saturated carbocycles. The van der Waals surface area contributed by atoms with Crippen LogP contribution in [0.15, 0.2) is 36.4 Å². The van der Waals surface area contributed by atoms with Gasteiger partial charge in [-0.25, -0.2) is 0 Å². The molecule has 0 radical (unpaired) electrons. The summed E-state index contributed by atoms with van der Waals surface area (Å²) in [5.41, 5.74) is 9.29. The van der Waals surface area contributed by atoms with Crippen molar-refractivity contribution in [2.45, 2.75) is 26.7 Å². The number of ether oxygens (including phenoxy) is 1. The van der Waals surface area contributed by atoms with E-state index in [0.29, 0.717) is 13.2 Å². The fourth-order valence-electron chi connectivity index (χ4n) is 1.78. The highest BCUT2D eigenvalue weighted by Crippen LogP contribution is 2.18. The number of aromatic nitrogens is 1. The molecule has 0 bridgehead atoms. The van der Waals surface area contributed by atoms with Crippen LogP contribution in [0.4, 0.5) is 0 Å². The van der Waals surface area contributed by atoms with Gasteiger partial charge in [-0.3, -0.25) is 4.98 Å². The van der Waals surface area contributed by atoms with E-state index in [0.717, 1.165) is 28.3 Å². The zero-order valence-corrected chi connectivity index (χ0v) is 11.0. The van der Waals surface area contributed by atoms with Crippen LogP contribution in [0.5, 0.6) is 5.75 Å². The first-order valence-corrected chi connectivity index (χ1v) is 6.21. The van der Waals surface area contributed by atoms with E-state index < -0.39 is 0 Å². The second-order valence-electron chi connectivity index (χ2n) is 4.36. The van der Waals surface area contributed by atoms with Crippen molar-refractivity contribution in [3.05, 3.63) is 58.9 Å². The Kier molecular flexibility index (Phi) is 4.49. The number of benzene rings is 1. The SMILES string of the molecule is Cc1ccc(OCc2ccc(CO)cc2)c(CN)n1. The molecule has 0 atom stereocenters. The summed E-state index contributed by atoms with van der Waals surface area (Å²) in [4.78, 5) is 4.35. The number of aliphatic hydroxyl groups excluding tert-OH is 1. The number of rotatable bonds is 5. The maximum atomic E-state index is 8.98. The number of pyridine rings is 1. The zero-order chi connectivity index (χ0) is 13.7. The number of hydrogen-bond donors (Lipinski definition) is 2. The number of nitrogens with two attached hydrogens (primary N) is 1. The summed E-state index contributed by atoms with van der Waals surface area (Å²) in [6.45, 7) is 2.81. The molecule has 3 N–H and O–H groups in total. The van der Waals surface area contributed by atoms with Gasteiger partial charge < -0.3 is 15.6 Å². The van der Waals surface area contributed by atoms with E-state index >= 15 is 0 Å². The standard InChI is InChI=1S/C15H18N2O2/c1-11-2-7-15(14(8-16)17-11)19-10-13-5-3-12(9-18)4-6-13/h2-7,18H,8-10,16H2,1H3. The Balaban J connectivity index is 2.05. The number of nitrogens with zero attached hydrogens (tertiary/aromatic N) is 1. The van der Waals surface area contributed by atoms with Crippen LogP contribution in [-0.2, 0) is 19.8 Å². The Morgan fingerprint density at radius 2 is 1.79 bits per heavy atom. The van der Waals surface area contributed by atoms with Crippen molar-refractivity contribution in [3.8, 4) is 5.75 Å². The zero-order valence-electron chi connectivity index (χ0n) is 11.0. The second kappa shape index (κ2) is 6.31. The molecule has 1 aromatic carbocycles. The molecular weight excluding hydrogens is 240 g/mol. The van der Waals surface area contributed by atoms with Crippen LogP contribution < -0.4 is 10.5 Å². The molecule has 4 heteroatoms. The Labute approximate surface area is 112 Å². The lowest BCUT2D eigenvalue weighted by atomic mass is 10.1. The summed E-state index contributed by atoms with van der Waals surface area (Å²) in [6.07, 6.45) is 0. The summed E-state index contributed by atoms with van der Waals surface area (Å²) in [5.74, 6) is 0.722. The van der Waals surface area contributed by atoms with E-state index in [1.54, 1.807) is 0 Å². The predicted octanol–water partition coefficient (Wildman–Crippen LogP) is 1.92. The van der Waals surface area contributed by atoms with E-state index in [9.17, 15) is 0 Å². The minimum Gasteiger partial charge on any atom is -0.487 e. The van der Waals surface area contributed by atoms with Gasteiger partial charge in [0.25, 0.3) is 0 Å². The van der Waals surface area contributed by atoms with Crippen molar-refractivity contribution in [1.29, 1.82) is 0 Å². The van der Waals surface area contributed by atoms with Gasteiger partial charge in [0.1, 0.15) is 12.4 Å². The first kappa shape index (κ1) is 13.5. The second-order valence-corrected chi connectivity index (χ2v) is 4.36. The highest BCUT2D eigenvalue weighted by molar-refractivity contribution is 5.30. The van der Waals surface area contributed by atoms with Gasteiger partial charge in [0, 0.05) is 12.2 Å². The third kappa shape index (κ3) is 3.53. The van der Waals surface area contributed by atoms with Gasteiger partial charge in [-0.1, -0.05) is 24.3 Å². The van der Waals surface area contributed by atoms with Crippen LogP contribution >= 0.6 is 0 Å². The molecule has 0 spiro atoms. The molecule has 2 rings (SSSR count). The van der Waals surface area contributed by atoms with E-state index in [2.05, 4.69) is 4.98 Å². The summed E-state index contributed by atoms with van der Waals surface area (Å²) < 4.78 is 5.74. The van der Waals surface area contributed by atoms with Crippen LogP contribution in [-0.4, -0.2) is 10.1 Å². The average Bonchev–Trinajstić information content (AvgIpc) is 2.46. The summed E-state index contributed by atoms with van der Waals surface area (Å²) in [7, 11) is 0. The average molecular weight is 258 g/mol. The Hall–Kier alpha value is -1.91. The highest BCUT2D eigenvalue weighted by atomic mass is 16.5. The molecule has 0 aliphatic carbocycles. The molecule has 2 aromatic rings. The van der Waals surface area contributed by atoms with Gasteiger partial charge in [-0.05, 0) is 30.2 Å². The van der Waals surface area contributed by atoms with Gasteiger partial charge in [0.2, 0.25) is 0 Å². The fourth-order valence-corrected chi connectivity index (χ4v) is 1.78. The van der Waals surface area contributed by atoms with Crippen molar-refractivity contribution in [3.63, 3.8) is 0 Å². The fraction of sp³-hybridized carbons (Fsp3) is 0.267. The first-order valence-electron chi connectivity index (χ1n) is 6.21. The van der Waals surface area contributed by atoms with Gasteiger partial charge >= 0.3 is 0 Å². The smallest absolute Gasteiger partial charge is 0.142 e. The van der Waals surface area contributed by atoms with Crippen molar-refractivity contribution < 1.29 is 9.84 Å². The summed E-state index contributed by atoms with van der Waals surface area (Å²) in [5, 5.41) is 8.98. The largest absolute Gasteiger partial charge is 0.487 e. The lowest BCUT2D eigenvalue weighted by Gasteiger charge is -2.10. The monoisotopic (exact) mass is 258 g/mol. The van der Waals surface area contributed by atoms with Crippen LogP contribution in [0.2, 0.25) is 0 Å². The highest BCUT2D eigenvalue weighted by Gasteiger charge is 2.04. The van der Waals surface area contributed by atoms with Crippen molar-refractivity contribution in [1.82, 2.24) is 4.98 Å². The molecule has 0 fully saturated rings. The summed E-state index contributed by atoms with van der Waals surface area (Å²) in [6, 6.07) is 11.5. The quantitative estimate of drug-likeness (QED) is 0.859. The summed E-state index contributed by atoms with van der Waals surface area (Å²) >= 11 is 0. The van der Waals surface area contributed by atoms with Crippen molar-refractivity contribution in [2.24, 2.45) is 5.73 Å². The molecular formula is C15H18N2O2. The molecule has 19 heavy (non-hydrogen) atoms. The molecule has 0 aliphatic rings. The van der Waals surface area contributed by atoms with E-state index in [1.165, 1.54) is 0 Å². The van der Waals surface area contributed by atoms with E-state index in [4.69, 9.17) is 15.6 Å². The number of hydrogen-bond acceptors (Lipinski definition) is 4. The third-order valence-corrected chi connectivity index (χ3v) is 2.86. The topological polar surface area (TPSA) is 68.4 Å². The molecule has 100 valence electrons. The predicted molar refractivity (Wildman–Crippen MR) is 73.6 cm³/mol. The van der Waals surface area contributed by atoms with Gasteiger partial charge in [-0.2, -0.15) is 0 Å². The molecule has 0 unspecified atom stereocenters. The Morgan fingerprint density at radius 3 is 2.42 bits per heavy atom. The number of aryl methyl sites for hydroxylation is 1. The van der Waals surface area contributed by atoms with Crippen LogP contribution in [0, 0.1) is 6.92 Å². The number of aliphatic hydroxyl groups is 1. The van der Waals surface area contributed by atoms with E-state index in [-0.39, 0.29) is 6.61 Å². The third-order valence-electron chi connectivity index (χ3n) is 2.86. The maximum Gasteiger partial charge on any atom is 0.142 e. The van der Waals surface area contributed by atoms with Crippen molar-refractivity contribution >= 4 is 0 Å². The van der Waals surface area contributed by atoms with Gasteiger partial charge in [0.05, 0.1) is 12.3 Å². The molecule has 0 amide bonds. The van der Waals surface area contributed by atoms with Crippen LogP contribution in [0.25, 0.3) is 0 Å². The minimum absolute atomic E-state index is 0.0559. The maximum absolute atomic E-state index is 8.98. The van der Waals surface area contributed by atoms with Gasteiger partial charge in [-0.15, -0.1) is 0 Å². The van der Waals surface area contributed by atoms with Crippen molar-refractivity contribution in [2.75, 3.05) is 0 Å². The van der Waals surface area contributed by atoms with E-state index in [1.807, 2.05) is 43.3 Å². The molecule has 1 heterocycles. The normalized spacial score (nSPS) is 10.5. The van der Waals surface area contributed by atoms with Gasteiger partial charge in [0.15, 0.2) is 0 Å². The van der Waals surface area contributed by atoms with Crippen LogP contribution in [0.3, 0.4) is 0 Å². The molecule has 0 saturated heterocycles. The lowest BCUT2D eigenvalue weighted by Crippen LogP contribution is -2.05. The molecule has 4 nitrogen and oxygen atoms in total. The molecule has 0 aliphatic heterocycles.